The maximum Gasteiger partial charge on any atom is 0.338 e. The van der Waals surface area contributed by atoms with Crippen LogP contribution in [-0.4, -0.2) is 131 Å². The first-order valence-corrected chi connectivity index (χ1v) is 11.9. The maximum atomic E-state index is 11.5. The number of hydrogen-bond donors (Lipinski definition) is 5. The van der Waals surface area contributed by atoms with E-state index in [1.807, 2.05) is 0 Å². The van der Waals surface area contributed by atoms with Gasteiger partial charge in [0, 0.05) is 28.4 Å². The van der Waals surface area contributed by atoms with Crippen LogP contribution in [0.15, 0.2) is 0 Å². The van der Waals surface area contributed by atoms with Crippen LogP contribution in [0, 0.1) is 0 Å². The Balaban J connectivity index is 0. The molecule has 0 radical (unpaired) electrons. The second-order valence-electron chi connectivity index (χ2n) is 10.8. The highest BCUT2D eigenvalue weighted by atomic mass is 16.6. The van der Waals surface area contributed by atoms with E-state index < -0.39 is 63.6 Å². The van der Waals surface area contributed by atoms with Gasteiger partial charge in [0.2, 0.25) is 0 Å². The van der Waals surface area contributed by atoms with Crippen LogP contribution in [0.2, 0.25) is 0 Å². The molecule has 0 amide bonds. The van der Waals surface area contributed by atoms with Gasteiger partial charge in [0.1, 0.15) is 5.60 Å². The molecule has 5 unspecified atom stereocenters. The molecular formula is C25H46O15. The fourth-order valence-electron chi connectivity index (χ4n) is 3.35. The Bertz CT molecular complexity index is 883. The highest BCUT2D eigenvalue weighted by Gasteiger charge is 2.63. The fraction of sp³-hybridized carbons (Fsp3) is 0.840. The van der Waals surface area contributed by atoms with Gasteiger partial charge in [-0.1, -0.05) is 0 Å². The minimum Gasteiger partial charge on any atom is -0.479 e. The molecule has 0 bridgehead atoms. The predicted molar refractivity (Wildman–Crippen MR) is 138 cm³/mol. The van der Waals surface area contributed by atoms with Gasteiger partial charge in [-0.15, -0.1) is 0 Å². The van der Waals surface area contributed by atoms with E-state index in [0.717, 1.165) is 6.92 Å². The topological polar surface area (TPSA) is 225 Å². The van der Waals surface area contributed by atoms with Crippen molar-refractivity contribution in [1.29, 1.82) is 0 Å². The zero-order valence-corrected chi connectivity index (χ0v) is 25.3. The van der Waals surface area contributed by atoms with Crippen molar-refractivity contribution in [1.82, 2.24) is 0 Å². The summed E-state index contributed by atoms with van der Waals surface area (Å²) in [6.45, 7) is 10.2. The highest BCUT2D eigenvalue weighted by molar-refractivity contribution is 5.80. The van der Waals surface area contributed by atoms with Crippen LogP contribution in [-0.2, 0) is 47.6 Å². The third-order valence-electron chi connectivity index (χ3n) is 6.94. The molecule has 40 heavy (non-hydrogen) atoms. The predicted octanol–water partition coefficient (Wildman–Crippen LogP) is 0.883. The summed E-state index contributed by atoms with van der Waals surface area (Å²) in [5, 5.41) is 47.4. The van der Waals surface area contributed by atoms with E-state index in [-0.39, 0.29) is 13.2 Å². The van der Waals surface area contributed by atoms with Crippen molar-refractivity contribution in [2.75, 3.05) is 41.7 Å². The summed E-state index contributed by atoms with van der Waals surface area (Å²) in [4.78, 5) is 45.3. The number of aliphatic carboxylic acids is 4. The van der Waals surface area contributed by atoms with E-state index >= 15 is 0 Å². The normalized spacial score (nSPS) is 18.9. The number of carbonyl (C=O) groups is 4. The number of hydrogen-bond acceptors (Lipinski definition) is 11. The van der Waals surface area contributed by atoms with E-state index in [9.17, 15) is 34.5 Å². The highest BCUT2D eigenvalue weighted by Crippen LogP contribution is 2.42. The van der Waals surface area contributed by atoms with Gasteiger partial charge in [-0.3, -0.25) is 0 Å². The van der Waals surface area contributed by atoms with Gasteiger partial charge in [0.25, 0.3) is 0 Å². The maximum absolute atomic E-state index is 11.5. The monoisotopic (exact) mass is 586 g/mol. The van der Waals surface area contributed by atoms with E-state index in [0.29, 0.717) is 0 Å². The van der Waals surface area contributed by atoms with E-state index in [1.165, 1.54) is 76.9 Å². The van der Waals surface area contributed by atoms with Crippen LogP contribution in [0.3, 0.4) is 0 Å². The molecule has 15 heteroatoms. The molecule has 0 aromatic heterocycles. The second-order valence-corrected chi connectivity index (χ2v) is 10.8. The van der Waals surface area contributed by atoms with Crippen molar-refractivity contribution in [2.24, 2.45) is 0 Å². The molecule has 0 aliphatic heterocycles. The Morgan fingerprint density at radius 1 is 0.650 bits per heavy atom. The number of carboxylic acids is 4. The first-order chi connectivity index (χ1) is 17.8. The van der Waals surface area contributed by atoms with Crippen LogP contribution in [0.25, 0.3) is 0 Å². The Labute approximate surface area is 234 Å². The Morgan fingerprint density at radius 3 is 1.32 bits per heavy atom. The molecule has 0 aromatic carbocycles. The molecule has 0 aliphatic carbocycles. The Hall–Kier alpha value is -2.40. The van der Waals surface area contributed by atoms with E-state index in [2.05, 4.69) is 0 Å². The standard InChI is InChI=1S/C14H26O8.C11H20O7/c1-11(2,21-7)14(5,13(4,19)10(17)18)22-12(3,8-20-6)9(15)16;1-10(2,17-5)7(8(12)13)18-11(3,6-16-4)9(14)15/h19H,8H2,1-7H3,(H,15,16)(H,17,18);7H,6H2,1-5H3,(H,12,13)(H,14,15). The summed E-state index contributed by atoms with van der Waals surface area (Å²) in [5.41, 5.74) is -10.4. The number of aliphatic hydroxyl groups is 1. The molecule has 0 saturated carbocycles. The quantitative estimate of drug-likeness (QED) is 0.159. The molecule has 0 aromatic rings. The van der Waals surface area contributed by atoms with Crippen LogP contribution >= 0.6 is 0 Å². The molecule has 0 heterocycles. The Kier molecular flexibility index (Phi) is 14.4. The van der Waals surface area contributed by atoms with Gasteiger partial charge >= 0.3 is 23.9 Å². The fourth-order valence-corrected chi connectivity index (χ4v) is 3.35. The molecular weight excluding hydrogens is 540 g/mol. The summed E-state index contributed by atoms with van der Waals surface area (Å²) < 4.78 is 30.7. The number of methoxy groups -OCH3 is 4. The summed E-state index contributed by atoms with van der Waals surface area (Å²) in [5.74, 6) is -5.52. The summed E-state index contributed by atoms with van der Waals surface area (Å²) in [6.07, 6.45) is -1.43. The lowest BCUT2D eigenvalue weighted by Gasteiger charge is -2.51. The lowest BCUT2D eigenvalue weighted by atomic mass is 9.73. The largest absolute Gasteiger partial charge is 0.479 e. The zero-order chi connectivity index (χ0) is 32.5. The van der Waals surface area contributed by atoms with Gasteiger partial charge in [-0.25, -0.2) is 19.2 Å². The molecule has 15 nitrogen and oxygen atoms in total. The van der Waals surface area contributed by atoms with Crippen molar-refractivity contribution in [2.45, 2.75) is 95.1 Å². The number of carboxylic acid groups (broad SMARTS) is 4. The second kappa shape index (κ2) is 14.5. The molecule has 0 aliphatic rings. The van der Waals surface area contributed by atoms with Gasteiger partial charge in [0.15, 0.2) is 22.9 Å². The van der Waals surface area contributed by atoms with Crippen LogP contribution in [0.4, 0.5) is 0 Å². The molecule has 0 fully saturated rings. The SMILES string of the molecule is COCC(C)(OC(C(=O)O)C(C)(C)OC)C(=O)O.COCC(C)(OC(C)(C(C)(C)OC)C(C)(O)C(=O)O)C(=O)O. The number of rotatable bonds is 17. The zero-order valence-electron chi connectivity index (χ0n) is 25.3. The van der Waals surface area contributed by atoms with Gasteiger partial charge in [-0.05, 0) is 55.4 Å². The van der Waals surface area contributed by atoms with Gasteiger partial charge < -0.3 is 54.0 Å². The van der Waals surface area contributed by atoms with Crippen molar-refractivity contribution >= 4 is 23.9 Å². The van der Waals surface area contributed by atoms with Crippen molar-refractivity contribution in [3.05, 3.63) is 0 Å². The minimum atomic E-state index is -2.42. The van der Waals surface area contributed by atoms with Crippen LogP contribution in [0.5, 0.6) is 0 Å². The van der Waals surface area contributed by atoms with Crippen molar-refractivity contribution < 1.29 is 73.1 Å². The van der Waals surface area contributed by atoms with Gasteiger partial charge in [-0.2, -0.15) is 0 Å². The number of ether oxygens (including phenoxy) is 6. The Morgan fingerprint density at radius 2 is 1.05 bits per heavy atom. The van der Waals surface area contributed by atoms with Crippen LogP contribution in [0.1, 0.15) is 55.4 Å². The molecule has 5 N–H and O–H groups in total. The molecule has 0 spiro atoms. The molecule has 0 rings (SSSR count). The third-order valence-corrected chi connectivity index (χ3v) is 6.94. The lowest BCUT2D eigenvalue weighted by molar-refractivity contribution is -0.291. The average molecular weight is 587 g/mol. The lowest BCUT2D eigenvalue weighted by Crippen LogP contribution is -2.71. The van der Waals surface area contributed by atoms with Crippen LogP contribution < -0.4 is 0 Å². The van der Waals surface area contributed by atoms with Crippen molar-refractivity contribution in [3.8, 4) is 0 Å². The summed E-state index contributed by atoms with van der Waals surface area (Å²) in [7, 11) is 5.24. The van der Waals surface area contributed by atoms with E-state index in [4.69, 9.17) is 38.6 Å². The molecule has 5 atom stereocenters. The first kappa shape index (κ1) is 39.7. The van der Waals surface area contributed by atoms with E-state index in [1.54, 1.807) is 0 Å². The smallest absolute Gasteiger partial charge is 0.338 e. The third kappa shape index (κ3) is 9.06. The minimum absolute atomic E-state index is 0.272. The molecule has 236 valence electrons. The van der Waals surface area contributed by atoms with Crippen molar-refractivity contribution in [3.63, 3.8) is 0 Å². The summed E-state index contributed by atoms with van der Waals surface area (Å²) >= 11 is 0. The first-order valence-electron chi connectivity index (χ1n) is 11.9. The average Bonchev–Trinajstić information content (AvgIpc) is 2.82. The summed E-state index contributed by atoms with van der Waals surface area (Å²) in [6, 6.07) is 0. The molecule has 0 saturated heterocycles. The van der Waals surface area contributed by atoms with Gasteiger partial charge in [0.05, 0.1) is 24.4 Å².